The molecule has 2 aliphatic heterocycles. The molecule has 0 N–H and O–H groups in total. The maximum Gasteiger partial charge on any atom is 0.236 e. The lowest BCUT2D eigenvalue weighted by Crippen LogP contribution is -2.41. The van der Waals surface area contributed by atoms with Crippen molar-refractivity contribution in [1.29, 1.82) is 0 Å². The maximum absolute atomic E-state index is 12.0. The number of fused-ring (bicyclic) bond motifs is 1. The molecule has 2 fully saturated rings. The van der Waals surface area contributed by atoms with Crippen molar-refractivity contribution in [1.82, 2.24) is 14.7 Å². The molecule has 3 rings (SSSR count). The molecule has 0 unspecified atom stereocenters. The van der Waals surface area contributed by atoms with Gasteiger partial charge in [-0.05, 0) is 30.5 Å². The Morgan fingerprint density at radius 1 is 1.13 bits per heavy atom. The third-order valence-corrected chi connectivity index (χ3v) is 5.19. The summed E-state index contributed by atoms with van der Waals surface area (Å²) in [5.41, 5.74) is 1.33. The summed E-state index contributed by atoms with van der Waals surface area (Å²) in [5.74, 6) is 1.11. The van der Waals surface area contributed by atoms with Crippen LogP contribution in [0.1, 0.15) is 18.4 Å². The lowest BCUT2D eigenvalue weighted by atomic mass is 10.1. The summed E-state index contributed by atoms with van der Waals surface area (Å²) < 4.78 is 5.22. The summed E-state index contributed by atoms with van der Waals surface area (Å²) in [7, 11) is 5.36. The number of ether oxygens (including phenoxy) is 1. The van der Waals surface area contributed by atoms with Crippen LogP contribution in [0.4, 0.5) is 0 Å². The van der Waals surface area contributed by atoms with Gasteiger partial charge in [-0.2, -0.15) is 0 Å². The summed E-state index contributed by atoms with van der Waals surface area (Å²) in [6.07, 6.45) is 2.34. The molecule has 0 spiro atoms. The second-order valence-electron chi connectivity index (χ2n) is 6.79. The van der Waals surface area contributed by atoms with Gasteiger partial charge in [0.05, 0.1) is 13.7 Å². The number of carbonyl (C=O) groups excluding carboxylic acids is 1. The van der Waals surface area contributed by atoms with E-state index in [4.69, 9.17) is 4.74 Å². The molecule has 5 nitrogen and oxygen atoms in total. The van der Waals surface area contributed by atoms with Crippen molar-refractivity contribution in [3.05, 3.63) is 29.8 Å². The number of hydrogen-bond donors (Lipinski definition) is 0. The van der Waals surface area contributed by atoms with Gasteiger partial charge >= 0.3 is 0 Å². The number of benzene rings is 1. The average molecular weight is 317 g/mol. The highest BCUT2D eigenvalue weighted by Crippen LogP contribution is 2.32. The number of methoxy groups -OCH3 is 1. The van der Waals surface area contributed by atoms with Crippen molar-refractivity contribution in [2.45, 2.75) is 31.5 Å². The monoisotopic (exact) mass is 317 g/mol. The molecular formula is C18H27N3O2. The van der Waals surface area contributed by atoms with Gasteiger partial charge in [0.2, 0.25) is 5.91 Å². The van der Waals surface area contributed by atoms with Gasteiger partial charge in [-0.15, -0.1) is 0 Å². The molecule has 0 aliphatic carbocycles. The van der Waals surface area contributed by atoms with Crippen molar-refractivity contribution in [2.75, 3.05) is 40.8 Å². The molecule has 2 aliphatic rings. The molecule has 0 bridgehead atoms. The van der Waals surface area contributed by atoms with Crippen LogP contribution < -0.4 is 4.74 Å². The van der Waals surface area contributed by atoms with Crippen LogP contribution in [0.5, 0.6) is 5.75 Å². The standard InChI is InChI=1S/C18H27N3O2/c1-19(2)18(22)13-21-11-9-16-17(21)8-10-20(16)12-14-4-6-15(23-3)7-5-14/h4-7,16-17H,8-13H2,1-3H3/t16-,17+/m1/s1. The van der Waals surface area contributed by atoms with E-state index in [0.717, 1.165) is 25.4 Å². The van der Waals surface area contributed by atoms with Crippen LogP contribution in [0.15, 0.2) is 24.3 Å². The largest absolute Gasteiger partial charge is 0.497 e. The Balaban J connectivity index is 1.59. The minimum atomic E-state index is 0.208. The third kappa shape index (κ3) is 3.51. The van der Waals surface area contributed by atoms with Crippen LogP contribution in [0, 0.1) is 0 Å². The van der Waals surface area contributed by atoms with Gasteiger partial charge in [0.1, 0.15) is 5.75 Å². The summed E-state index contributed by atoms with van der Waals surface area (Å²) >= 11 is 0. The quantitative estimate of drug-likeness (QED) is 0.823. The van der Waals surface area contributed by atoms with E-state index in [2.05, 4.69) is 21.9 Å². The summed E-state index contributed by atoms with van der Waals surface area (Å²) in [6.45, 7) is 3.70. The van der Waals surface area contributed by atoms with Crippen molar-refractivity contribution in [3.63, 3.8) is 0 Å². The molecule has 1 aromatic carbocycles. The molecule has 0 saturated carbocycles. The van der Waals surface area contributed by atoms with Crippen LogP contribution in [0.2, 0.25) is 0 Å². The van der Waals surface area contributed by atoms with E-state index < -0.39 is 0 Å². The molecule has 5 heteroatoms. The first kappa shape index (κ1) is 16.3. The van der Waals surface area contributed by atoms with E-state index in [1.165, 1.54) is 18.4 Å². The van der Waals surface area contributed by atoms with Crippen LogP contribution >= 0.6 is 0 Å². The first-order valence-corrected chi connectivity index (χ1v) is 8.39. The molecule has 1 amide bonds. The topological polar surface area (TPSA) is 36.0 Å². The first-order valence-electron chi connectivity index (χ1n) is 8.39. The van der Waals surface area contributed by atoms with Gasteiger partial charge in [-0.1, -0.05) is 12.1 Å². The Labute approximate surface area is 138 Å². The van der Waals surface area contributed by atoms with Gasteiger partial charge in [0.15, 0.2) is 0 Å². The van der Waals surface area contributed by atoms with Crippen LogP contribution in [0.3, 0.4) is 0 Å². The van der Waals surface area contributed by atoms with Gasteiger partial charge in [-0.3, -0.25) is 14.6 Å². The lowest BCUT2D eigenvalue weighted by Gasteiger charge is -2.26. The zero-order valence-electron chi connectivity index (χ0n) is 14.4. The molecule has 126 valence electrons. The zero-order valence-corrected chi connectivity index (χ0v) is 14.4. The van der Waals surface area contributed by atoms with Crippen LogP contribution in [0.25, 0.3) is 0 Å². The van der Waals surface area contributed by atoms with E-state index in [9.17, 15) is 4.79 Å². The Kier molecular flexibility index (Phi) is 4.87. The van der Waals surface area contributed by atoms with Crippen molar-refractivity contribution >= 4 is 5.91 Å². The first-order chi connectivity index (χ1) is 11.1. The fourth-order valence-electron chi connectivity index (χ4n) is 3.84. The van der Waals surface area contributed by atoms with Gasteiger partial charge < -0.3 is 9.64 Å². The molecule has 2 heterocycles. The minimum Gasteiger partial charge on any atom is -0.497 e. The van der Waals surface area contributed by atoms with E-state index >= 15 is 0 Å². The Morgan fingerprint density at radius 3 is 2.35 bits per heavy atom. The van der Waals surface area contributed by atoms with Crippen LogP contribution in [-0.2, 0) is 11.3 Å². The molecule has 2 saturated heterocycles. The Hall–Kier alpha value is -1.59. The number of rotatable bonds is 5. The smallest absolute Gasteiger partial charge is 0.236 e. The summed E-state index contributed by atoms with van der Waals surface area (Å²) in [5, 5.41) is 0. The maximum atomic E-state index is 12.0. The highest BCUT2D eigenvalue weighted by molar-refractivity contribution is 5.77. The molecule has 2 atom stereocenters. The molecule has 23 heavy (non-hydrogen) atoms. The molecule has 1 aromatic rings. The van der Waals surface area contributed by atoms with E-state index in [0.29, 0.717) is 18.6 Å². The average Bonchev–Trinajstić information content (AvgIpc) is 3.12. The number of carbonyl (C=O) groups is 1. The number of likely N-dealkylation sites (tertiary alicyclic amines) is 2. The van der Waals surface area contributed by atoms with Crippen molar-refractivity contribution in [2.24, 2.45) is 0 Å². The normalized spacial score (nSPS) is 24.7. The Bertz CT molecular complexity index is 544. The van der Waals surface area contributed by atoms with Gasteiger partial charge in [-0.25, -0.2) is 0 Å². The highest BCUT2D eigenvalue weighted by Gasteiger charge is 2.42. The number of hydrogen-bond acceptors (Lipinski definition) is 4. The predicted octanol–water partition coefficient (Wildman–Crippen LogP) is 1.43. The fraction of sp³-hybridized carbons (Fsp3) is 0.611. The molecule has 0 aromatic heterocycles. The summed E-state index contributed by atoms with van der Waals surface area (Å²) in [6, 6.07) is 9.48. The lowest BCUT2D eigenvalue weighted by molar-refractivity contribution is -0.130. The molecule has 0 radical (unpaired) electrons. The fourth-order valence-corrected chi connectivity index (χ4v) is 3.84. The molecular weight excluding hydrogens is 290 g/mol. The van der Waals surface area contributed by atoms with E-state index in [1.54, 1.807) is 12.0 Å². The zero-order chi connectivity index (χ0) is 16.4. The Morgan fingerprint density at radius 2 is 1.74 bits per heavy atom. The second-order valence-corrected chi connectivity index (χ2v) is 6.79. The second kappa shape index (κ2) is 6.89. The van der Waals surface area contributed by atoms with Crippen LogP contribution in [-0.4, -0.2) is 73.5 Å². The number of likely N-dealkylation sites (N-methyl/N-ethyl adjacent to an activating group) is 1. The van der Waals surface area contributed by atoms with E-state index in [-0.39, 0.29) is 5.91 Å². The third-order valence-electron chi connectivity index (χ3n) is 5.19. The predicted molar refractivity (Wildman–Crippen MR) is 90.5 cm³/mol. The van der Waals surface area contributed by atoms with Crippen molar-refractivity contribution in [3.8, 4) is 5.75 Å². The number of amides is 1. The van der Waals surface area contributed by atoms with Gasteiger partial charge in [0, 0.05) is 45.8 Å². The minimum absolute atomic E-state index is 0.208. The highest BCUT2D eigenvalue weighted by atomic mass is 16.5. The summed E-state index contributed by atoms with van der Waals surface area (Å²) in [4.78, 5) is 18.6. The van der Waals surface area contributed by atoms with E-state index in [1.807, 2.05) is 26.2 Å². The SMILES string of the molecule is COc1ccc(CN2CC[C@H]3[C@H]2CCN3CC(=O)N(C)C)cc1. The van der Waals surface area contributed by atoms with Gasteiger partial charge in [0.25, 0.3) is 0 Å². The number of nitrogens with zero attached hydrogens (tertiary/aromatic N) is 3. The van der Waals surface area contributed by atoms with Crippen molar-refractivity contribution < 1.29 is 9.53 Å².